The predicted molar refractivity (Wildman–Crippen MR) is 68.9 cm³/mol. The van der Waals surface area contributed by atoms with Crippen LogP contribution >= 0.6 is 23.7 Å². The number of nitrogens with one attached hydrogen (secondary N) is 1. The summed E-state index contributed by atoms with van der Waals surface area (Å²) in [7, 11) is 0. The molecule has 2 aromatic heterocycles. The van der Waals surface area contributed by atoms with E-state index in [2.05, 4.69) is 15.0 Å². The molecule has 0 aliphatic carbocycles. The van der Waals surface area contributed by atoms with Gasteiger partial charge in [-0.15, -0.1) is 12.4 Å². The van der Waals surface area contributed by atoms with Crippen LogP contribution < -0.4 is 5.73 Å². The maximum absolute atomic E-state index is 5.58. The summed E-state index contributed by atoms with van der Waals surface area (Å²) in [5.74, 6) is 0.824. The molecule has 0 atom stereocenters. The Morgan fingerprint density at radius 3 is 2.75 bits per heavy atom. The van der Waals surface area contributed by atoms with Gasteiger partial charge in [0.1, 0.15) is 5.82 Å². The highest BCUT2D eigenvalue weighted by Crippen LogP contribution is 2.26. The zero-order chi connectivity index (χ0) is 10.3. The van der Waals surface area contributed by atoms with Crippen molar-refractivity contribution in [2.75, 3.05) is 5.73 Å². The Labute approximate surface area is 102 Å². The van der Waals surface area contributed by atoms with Crippen molar-refractivity contribution in [2.45, 2.75) is 0 Å². The van der Waals surface area contributed by atoms with E-state index in [1.54, 1.807) is 6.20 Å². The molecule has 0 amide bonds. The number of para-hydroxylation sites is 2. The van der Waals surface area contributed by atoms with E-state index in [0.29, 0.717) is 5.13 Å². The zero-order valence-electron chi connectivity index (χ0n) is 8.18. The van der Waals surface area contributed by atoms with E-state index in [9.17, 15) is 0 Å². The zero-order valence-corrected chi connectivity index (χ0v) is 9.81. The van der Waals surface area contributed by atoms with E-state index in [0.717, 1.165) is 21.7 Å². The molecule has 4 nitrogen and oxygen atoms in total. The van der Waals surface area contributed by atoms with E-state index >= 15 is 0 Å². The quantitative estimate of drug-likeness (QED) is 0.700. The Morgan fingerprint density at radius 1 is 1.25 bits per heavy atom. The molecule has 82 valence electrons. The van der Waals surface area contributed by atoms with Gasteiger partial charge in [-0.05, 0) is 12.1 Å². The van der Waals surface area contributed by atoms with Crippen LogP contribution in [0.2, 0.25) is 0 Å². The van der Waals surface area contributed by atoms with Crippen molar-refractivity contribution in [3.63, 3.8) is 0 Å². The molecular weight excluding hydrogens is 244 g/mol. The molecule has 0 aliphatic rings. The number of nitrogens with two attached hydrogens (primary N) is 1. The number of hydrogen-bond donors (Lipinski definition) is 2. The van der Waals surface area contributed by atoms with Crippen LogP contribution in [-0.2, 0) is 0 Å². The lowest BCUT2D eigenvalue weighted by Gasteiger charge is -1.85. The second kappa shape index (κ2) is 4.11. The maximum Gasteiger partial charge on any atom is 0.180 e. The standard InChI is InChI=1S/C10H8N4S.ClH/c11-10-12-5-8(15-10)9-13-6-3-1-2-4-7(6)14-9;/h1-5H,(H2,11,12)(H,13,14);1H. The number of anilines is 1. The topological polar surface area (TPSA) is 67.6 Å². The molecule has 0 saturated carbocycles. The maximum atomic E-state index is 5.58. The first-order chi connectivity index (χ1) is 7.33. The summed E-state index contributed by atoms with van der Waals surface area (Å²) in [6.45, 7) is 0. The summed E-state index contributed by atoms with van der Waals surface area (Å²) in [4.78, 5) is 12.6. The molecule has 0 spiro atoms. The predicted octanol–water partition coefficient (Wildman–Crippen LogP) is 2.69. The van der Waals surface area contributed by atoms with Gasteiger partial charge < -0.3 is 10.7 Å². The lowest BCUT2D eigenvalue weighted by Crippen LogP contribution is -1.77. The number of aromatic nitrogens is 3. The van der Waals surface area contributed by atoms with Gasteiger partial charge in [-0.3, -0.25) is 0 Å². The first kappa shape index (κ1) is 10.9. The largest absolute Gasteiger partial charge is 0.375 e. The van der Waals surface area contributed by atoms with Gasteiger partial charge in [0.05, 0.1) is 22.1 Å². The fourth-order valence-electron chi connectivity index (χ4n) is 1.47. The number of H-pyrrole nitrogens is 1. The molecule has 1 aromatic carbocycles. The van der Waals surface area contributed by atoms with Crippen LogP contribution in [-0.4, -0.2) is 15.0 Å². The van der Waals surface area contributed by atoms with Crippen LogP contribution in [0.15, 0.2) is 30.5 Å². The summed E-state index contributed by atoms with van der Waals surface area (Å²) < 4.78 is 0. The third-order valence-corrected chi connectivity index (χ3v) is 2.98. The van der Waals surface area contributed by atoms with Crippen molar-refractivity contribution in [3.05, 3.63) is 30.5 Å². The Balaban J connectivity index is 0.000000963. The number of imidazole rings is 1. The number of fused-ring (bicyclic) bond motifs is 1. The molecule has 2 heterocycles. The fourth-order valence-corrected chi connectivity index (χ4v) is 2.10. The SMILES string of the molecule is Cl.Nc1ncc(-c2nc3ccccc3[nH]2)s1. The van der Waals surface area contributed by atoms with Crippen molar-refractivity contribution in [3.8, 4) is 10.7 Å². The van der Waals surface area contributed by atoms with Crippen molar-refractivity contribution < 1.29 is 0 Å². The van der Waals surface area contributed by atoms with Crippen molar-refractivity contribution in [1.29, 1.82) is 0 Å². The van der Waals surface area contributed by atoms with E-state index in [1.807, 2.05) is 24.3 Å². The lowest BCUT2D eigenvalue weighted by molar-refractivity contribution is 1.34. The van der Waals surface area contributed by atoms with E-state index < -0.39 is 0 Å². The molecule has 6 heteroatoms. The van der Waals surface area contributed by atoms with Gasteiger partial charge in [0.2, 0.25) is 0 Å². The van der Waals surface area contributed by atoms with Gasteiger partial charge in [-0.25, -0.2) is 9.97 Å². The minimum Gasteiger partial charge on any atom is -0.375 e. The number of benzene rings is 1. The summed E-state index contributed by atoms with van der Waals surface area (Å²) in [6.07, 6.45) is 1.73. The second-order valence-corrected chi connectivity index (χ2v) is 4.23. The van der Waals surface area contributed by atoms with Crippen molar-refractivity contribution in [2.24, 2.45) is 0 Å². The number of halogens is 1. The molecule has 3 aromatic rings. The van der Waals surface area contributed by atoms with Crippen LogP contribution in [0.5, 0.6) is 0 Å². The molecule has 16 heavy (non-hydrogen) atoms. The average Bonchev–Trinajstić information content (AvgIpc) is 2.82. The van der Waals surface area contributed by atoms with E-state index in [4.69, 9.17) is 5.73 Å². The Morgan fingerprint density at radius 2 is 2.06 bits per heavy atom. The van der Waals surface area contributed by atoms with Crippen LogP contribution in [0.25, 0.3) is 21.7 Å². The minimum atomic E-state index is 0. The number of thiazole rings is 1. The summed E-state index contributed by atoms with van der Waals surface area (Å²) in [6, 6.07) is 7.91. The smallest absolute Gasteiger partial charge is 0.180 e. The van der Waals surface area contributed by atoms with Gasteiger partial charge >= 0.3 is 0 Å². The van der Waals surface area contributed by atoms with Gasteiger partial charge in [0.15, 0.2) is 5.13 Å². The monoisotopic (exact) mass is 252 g/mol. The summed E-state index contributed by atoms with van der Waals surface area (Å²) in [5, 5.41) is 0.561. The third-order valence-electron chi connectivity index (χ3n) is 2.15. The normalized spacial score (nSPS) is 10.2. The van der Waals surface area contributed by atoms with Crippen molar-refractivity contribution in [1.82, 2.24) is 15.0 Å². The summed E-state index contributed by atoms with van der Waals surface area (Å²) >= 11 is 1.43. The average molecular weight is 253 g/mol. The highest BCUT2D eigenvalue weighted by atomic mass is 35.5. The number of rotatable bonds is 1. The van der Waals surface area contributed by atoms with Gasteiger partial charge in [0.25, 0.3) is 0 Å². The molecule has 0 saturated heterocycles. The van der Waals surface area contributed by atoms with Crippen LogP contribution in [0, 0.1) is 0 Å². The number of nitrogens with zero attached hydrogens (tertiary/aromatic N) is 2. The lowest BCUT2D eigenvalue weighted by atomic mass is 10.3. The fraction of sp³-hybridized carbons (Fsp3) is 0. The Bertz CT molecular complexity index is 583. The molecule has 0 fully saturated rings. The molecule has 0 aliphatic heterocycles. The highest BCUT2D eigenvalue weighted by Gasteiger charge is 2.07. The Kier molecular flexibility index (Phi) is 2.80. The molecule has 3 rings (SSSR count). The van der Waals surface area contributed by atoms with Crippen LogP contribution in [0.1, 0.15) is 0 Å². The minimum absolute atomic E-state index is 0. The summed E-state index contributed by atoms with van der Waals surface area (Å²) in [5.41, 5.74) is 7.56. The number of nitrogen functional groups attached to an aromatic ring is 1. The van der Waals surface area contributed by atoms with E-state index in [-0.39, 0.29) is 12.4 Å². The molecule has 3 N–H and O–H groups in total. The van der Waals surface area contributed by atoms with Crippen LogP contribution in [0.4, 0.5) is 5.13 Å². The highest BCUT2D eigenvalue weighted by molar-refractivity contribution is 7.18. The number of aromatic amines is 1. The van der Waals surface area contributed by atoms with Crippen LogP contribution in [0.3, 0.4) is 0 Å². The second-order valence-electron chi connectivity index (χ2n) is 3.17. The molecule has 0 radical (unpaired) electrons. The van der Waals surface area contributed by atoms with Gasteiger partial charge in [-0.1, -0.05) is 23.5 Å². The molecular formula is C10H9ClN4S. The Hall–Kier alpha value is -1.59. The van der Waals surface area contributed by atoms with Gasteiger partial charge in [-0.2, -0.15) is 0 Å². The molecule has 0 bridgehead atoms. The number of hydrogen-bond acceptors (Lipinski definition) is 4. The first-order valence-corrected chi connectivity index (χ1v) is 5.31. The first-order valence-electron chi connectivity index (χ1n) is 4.49. The van der Waals surface area contributed by atoms with Gasteiger partial charge in [0, 0.05) is 0 Å². The molecule has 0 unspecified atom stereocenters. The van der Waals surface area contributed by atoms with E-state index in [1.165, 1.54) is 11.3 Å². The van der Waals surface area contributed by atoms with Crippen molar-refractivity contribution >= 4 is 39.9 Å². The third kappa shape index (κ3) is 1.75.